The average molecular weight is 521 g/mol. The summed E-state index contributed by atoms with van der Waals surface area (Å²) < 4.78 is 19.8. The summed E-state index contributed by atoms with van der Waals surface area (Å²) in [4.78, 5) is 13.3. The number of hydrogen-bond acceptors (Lipinski definition) is 5. The molecule has 1 saturated heterocycles. The van der Waals surface area contributed by atoms with Crippen molar-refractivity contribution < 1.29 is 23.5 Å². The number of carbonyl (C=O) groups is 1. The topological polar surface area (TPSA) is 65.0 Å². The van der Waals surface area contributed by atoms with Crippen molar-refractivity contribution in [2.75, 3.05) is 6.61 Å². The highest BCUT2D eigenvalue weighted by atomic mass is 28.4. The van der Waals surface area contributed by atoms with E-state index >= 15 is 0 Å². The van der Waals surface area contributed by atoms with Gasteiger partial charge in [0.05, 0.1) is 31.5 Å². The van der Waals surface area contributed by atoms with Gasteiger partial charge in [0.25, 0.3) is 0 Å². The number of benzene rings is 1. The van der Waals surface area contributed by atoms with E-state index in [1.807, 2.05) is 51.1 Å². The zero-order valence-corrected chi connectivity index (χ0v) is 25.6. The lowest BCUT2D eigenvalue weighted by Gasteiger charge is -2.58. The molecule has 0 aliphatic carbocycles. The third-order valence-corrected chi connectivity index (χ3v) is 13.3. The Bertz CT molecular complexity index is 814. The third kappa shape index (κ3) is 6.68. The van der Waals surface area contributed by atoms with Crippen LogP contribution in [0.15, 0.2) is 30.3 Å². The molecule has 1 aliphatic rings. The number of hydrogen-bond donors (Lipinski definition) is 1. The van der Waals surface area contributed by atoms with E-state index in [4.69, 9.17) is 13.6 Å². The minimum atomic E-state index is -2.73. The van der Waals surface area contributed by atoms with Gasteiger partial charge in [0, 0.05) is 33.7 Å². The molecule has 0 spiro atoms. The standard InChI is InChI=1S/C30H52O5Si/c1-12-25-21(3)28(35-36(34-25,29(6,7)8)30(9,10)11)23(5)27(32)22(4)26(31)20(2)18-33-19-24-16-14-13-15-17-24/h13-17,20-23,25,27-28,32H,12,18-19H2,1-11H3/t20-,21+,22+,23-,25-,27+,28+/m1/s1. The van der Waals surface area contributed by atoms with E-state index < -0.39 is 20.6 Å². The van der Waals surface area contributed by atoms with Crippen molar-refractivity contribution in [3.05, 3.63) is 35.9 Å². The van der Waals surface area contributed by atoms with Crippen LogP contribution in [0.3, 0.4) is 0 Å². The van der Waals surface area contributed by atoms with E-state index in [1.165, 1.54) is 0 Å². The maximum absolute atomic E-state index is 13.3. The van der Waals surface area contributed by atoms with Crippen molar-refractivity contribution in [2.45, 2.75) is 118 Å². The highest BCUT2D eigenvalue weighted by molar-refractivity contribution is 6.73. The molecule has 0 saturated carbocycles. The van der Waals surface area contributed by atoms with E-state index in [1.54, 1.807) is 0 Å². The van der Waals surface area contributed by atoms with Crippen molar-refractivity contribution in [1.82, 2.24) is 0 Å². The molecule has 5 nitrogen and oxygen atoms in total. The largest absolute Gasteiger partial charge is 0.392 e. The molecular weight excluding hydrogens is 468 g/mol. The van der Waals surface area contributed by atoms with Crippen LogP contribution in [0.5, 0.6) is 0 Å². The molecule has 1 heterocycles. The zero-order valence-electron chi connectivity index (χ0n) is 24.6. The Morgan fingerprint density at radius 1 is 1.03 bits per heavy atom. The Labute approximate surface area is 221 Å². The fourth-order valence-electron chi connectivity index (χ4n) is 6.01. The van der Waals surface area contributed by atoms with Gasteiger partial charge in [-0.2, -0.15) is 0 Å². The predicted molar refractivity (Wildman–Crippen MR) is 149 cm³/mol. The van der Waals surface area contributed by atoms with Crippen molar-refractivity contribution in [3.63, 3.8) is 0 Å². The summed E-state index contributed by atoms with van der Waals surface area (Å²) in [6.07, 6.45) is -0.0121. The maximum Gasteiger partial charge on any atom is 0.349 e. The minimum absolute atomic E-state index is 0.0318. The quantitative estimate of drug-likeness (QED) is 0.339. The fourth-order valence-corrected chi connectivity index (χ4v) is 11.3. The van der Waals surface area contributed by atoms with Crippen LogP contribution in [0, 0.1) is 23.7 Å². The van der Waals surface area contributed by atoms with Gasteiger partial charge in [0.1, 0.15) is 5.78 Å². The summed E-state index contributed by atoms with van der Waals surface area (Å²) >= 11 is 0. The van der Waals surface area contributed by atoms with E-state index in [0.717, 1.165) is 12.0 Å². The third-order valence-electron chi connectivity index (χ3n) is 8.08. The molecule has 0 amide bonds. The van der Waals surface area contributed by atoms with Crippen LogP contribution in [0.1, 0.15) is 88.1 Å². The van der Waals surface area contributed by atoms with E-state index in [2.05, 4.69) is 55.4 Å². The van der Waals surface area contributed by atoms with Crippen LogP contribution < -0.4 is 0 Å². The monoisotopic (exact) mass is 520 g/mol. The van der Waals surface area contributed by atoms with Crippen LogP contribution in [0.4, 0.5) is 0 Å². The van der Waals surface area contributed by atoms with Gasteiger partial charge < -0.3 is 18.7 Å². The van der Waals surface area contributed by atoms with Gasteiger partial charge >= 0.3 is 8.56 Å². The Hall–Kier alpha value is -1.05. The summed E-state index contributed by atoms with van der Waals surface area (Å²) in [5.41, 5.74) is 1.08. The Morgan fingerprint density at radius 3 is 2.08 bits per heavy atom. The Kier molecular flexibility index (Phi) is 10.6. The van der Waals surface area contributed by atoms with Crippen molar-refractivity contribution >= 4 is 14.3 Å². The second kappa shape index (κ2) is 12.2. The van der Waals surface area contributed by atoms with Gasteiger partial charge in [0.15, 0.2) is 0 Å². The molecule has 1 aromatic carbocycles. The fraction of sp³-hybridized carbons (Fsp3) is 0.767. The van der Waals surface area contributed by atoms with Crippen molar-refractivity contribution in [3.8, 4) is 0 Å². The van der Waals surface area contributed by atoms with Gasteiger partial charge in [-0.1, -0.05) is 106 Å². The summed E-state index contributed by atoms with van der Waals surface area (Å²) in [5.74, 6) is -0.844. The average Bonchev–Trinajstić information content (AvgIpc) is 2.81. The summed E-state index contributed by atoms with van der Waals surface area (Å²) in [6.45, 7) is 24.2. The van der Waals surface area contributed by atoms with Crippen molar-refractivity contribution in [1.29, 1.82) is 0 Å². The molecule has 1 N–H and O–H groups in total. The van der Waals surface area contributed by atoms with Crippen LogP contribution in [0.2, 0.25) is 10.1 Å². The van der Waals surface area contributed by atoms with Gasteiger partial charge in [0.2, 0.25) is 0 Å². The SMILES string of the molecule is CC[C@H]1O[Si](C(C)(C)C)(C(C)(C)C)O[C@H]([C@H](C)[C@@H](O)[C@@H](C)C(=O)[C@H](C)COCc2ccccc2)[C@H]1C. The van der Waals surface area contributed by atoms with Crippen LogP contribution in [0.25, 0.3) is 0 Å². The molecule has 0 aromatic heterocycles. The highest BCUT2D eigenvalue weighted by Crippen LogP contribution is 2.56. The van der Waals surface area contributed by atoms with Gasteiger partial charge in [-0.05, 0) is 12.0 Å². The smallest absolute Gasteiger partial charge is 0.349 e. The predicted octanol–water partition coefficient (Wildman–Crippen LogP) is 6.91. The summed E-state index contributed by atoms with van der Waals surface area (Å²) in [5, 5.41) is 11.2. The lowest BCUT2D eigenvalue weighted by atomic mass is 9.79. The molecule has 2 rings (SSSR count). The van der Waals surface area contributed by atoms with Gasteiger partial charge in [-0.3, -0.25) is 4.79 Å². The maximum atomic E-state index is 13.3. The first-order chi connectivity index (χ1) is 16.6. The molecule has 1 aromatic rings. The van der Waals surface area contributed by atoms with E-state index in [-0.39, 0.29) is 45.8 Å². The lowest BCUT2D eigenvalue weighted by Crippen LogP contribution is -2.67. The molecule has 1 aliphatic heterocycles. The van der Waals surface area contributed by atoms with E-state index in [9.17, 15) is 9.90 Å². The first-order valence-electron chi connectivity index (χ1n) is 13.8. The number of carbonyl (C=O) groups excluding carboxylic acids is 1. The number of rotatable bonds is 10. The normalized spacial score (nSPS) is 26.2. The number of ether oxygens (including phenoxy) is 1. The van der Waals surface area contributed by atoms with Crippen LogP contribution in [-0.2, 0) is 25.0 Å². The molecular formula is C30H52O5Si. The van der Waals surface area contributed by atoms with E-state index in [0.29, 0.717) is 13.2 Å². The lowest BCUT2D eigenvalue weighted by molar-refractivity contribution is -0.138. The Balaban J connectivity index is 2.15. The molecule has 6 heteroatoms. The van der Waals surface area contributed by atoms with Crippen molar-refractivity contribution in [2.24, 2.45) is 23.7 Å². The Morgan fingerprint density at radius 2 is 1.58 bits per heavy atom. The molecule has 206 valence electrons. The second-order valence-corrected chi connectivity index (χ2v) is 17.8. The highest BCUT2D eigenvalue weighted by Gasteiger charge is 2.63. The second-order valence-electron chi connectivity index (χ2n) is 13.1. The first kappa shape index (κ1) is 31.2. The van der Waals surface area contributed by atoms with Crippen LogP contribution >= 0.6 is 0 Å². The summed E-state index contributed by atoms with van der Waals surface area (Å²) in [6, 6.07) is 9.95. The number of aliphatic hydroxyl groups is 1. The van der Waals surface area contributed by atoms with Crippen LogP contribution in [-0.4, -0.2) is 44.4 Å². The molecule has 0 bridgehead atoms. The first-order valence-corrected chi connectivity index (χ1v) is 15.6. The molecule has 0 unspecified atom stereocenters. The minimum Gasteiger partial charge on any atom is -0.392 e. The van der Waals surface area contributed by atoms with Gasteiger partial charge in [-0.25, -0.2) is 0 Å². The molecule has 1 fully saturated rings. The molecule has 0 radical (unpaired) electrons. The number of ketones is 1. The number of aliphatic hydroxyl groups excluding tert-OH is 1. The zero-order chi connectivity index (χ0) is 27.5. The molecule has 7 atom stereocenters. The summed E-state index contributed by atoms with van der Waals surface area (Å²) in [7, 11) is -2.73. The van der Waals surface area contributed by atoms with Gasteiger partial charge in [-0.15, -0.1) is 0 Å². The number of Topliss-reactive ketones (excluding diaryl/α,β-unsaturated/α-hetero) is 1. The molecule has 36 heavy (non-hydrogen) atoms.